The Labute approximate surface area is 245 Å². The van der Waals surface area contributed by atoms with Crippen molar-refractivity contribution >= 4 is 51.8 Å². The minimum Gasteiger partial charge on any atom is -0.453 e. The largest absolute Gasteiger partial charge is 0.453 e. The molecule has 7 N–H and O–H groups in total. The van der Waals surface area contributed by atoms with Crippen LogP contribution in [0.25, 0.3) is 22.2 Å². The number of carbonyl (C=O) groups excluding carboxylic acids is 3. The van der Waals surface area contributed by atoms with Gasteiger partial charge in [0.05, 0.1) is 37.4 Å². The number of aromatic amines is 2. The third-order valence-electron chi connectivity index (χ3n) is 7.06. The van der Waals surface area contributed by atoms with Crippen molar-refractivity contribution in [2.24, 2.45) is 5.84 Å². The Hall–Kier alpha value is -4.65. The maximum absolute atomic E-state index is 13.5. The lowest BCUT2D eigenvalue weighted by atomic mass is 10.1. The number of halogens is 1. The molecule has 0 spiro atoms. The van der Waals surface area contributed by atoms with Gasteiger partial charge in [0.25, 0.3) is 0 Å². The van der Waals surface area contributed by atoms with E-state index in [9.17, 15) is 19.5 Å². The van der Waals surface area contributed by atoms with Crippen LogP contribution < -0.4 is 16.5 Å². The molecule has 0 radical (unpaired) electrons. The summed E-state index contributed by atoms with van der Waals surface area (Å²) in [7, 11) is 1.24. The highest BCUT2D eigenvalue weighted by Gasteiger charge is 2.27. The maximum atomic E-state index is 13.5. The Morgan fingerprint density at radius 2 is 2.07 bits per heavy atom. The molecule has 1 aliphatic rings. The van der Waals surface area contributed by atoms with E-state index >= 15 is 0 Å². The first-order chi connectivity index (χ1) is 20.1. The van der Waals surface area contributed by atoms with Crippen LogP contribution in [0.2, 0.25) is 5.02 Å². The number of H-pyrrole nitrogens is 2. The highest BCUT2D eigenvalue weighted by Crippen LogP contribution is 2.33. The molecule has 0 saturated carbocycles. The van der Waals surface area contributed by atoms with Gasteiger partial charge in [-0.2, -0.15) is 0 Å². The molecule has 2 bridgehead atoms. The number of imidazole rings is 1. The van der Waals surface area contributed by atoms with Crippen LogP contribution in [0.5, 0.6) is 0 Å². The number of ether oxygens (including phenoxy) is 1. The van der Waals surface area contributed by atoms with Gasteiger partial charge in [-0.25, -0.2) is 15.6 Å². The number of hydrogen-bond acceptors (Lipinski definition) is 7. The van der Waals surface area contributed by atoms with E-state index in [2.05, 4.69) is 25.3 Å². The lowest BCUT2D eigenvalue weighted by Gasteiger charge is -2.25. The van der Waals surface area contributed by atoms with Gasteiger partial charge in [0, 0.05) is 39.1 Å². The number of carbonyl (C=O) groups is 3. The number of aliphatic hydroxyl groups is 1. The van der Waals surface area contributed by atoms with Crippen molar-refractivity contribution in [3.8, 4) is 11.3 Å². The molecular weight excluding hydrogens is 562 g/mol. The summed E-state index contributed by atoms with van der Waals surface area (Å²) in [6.07, 6.45) is 3.07. The molecule has 1 unspecified atom stereocenters. The van der Waals surface area contributed by atoms with E-state index in [1.165, 1.54) is 13.2 Å². The Morgan fingerprint density at radius 1 is 1.26 bits per heavy atom. The van der Waals surface area contributed by atoms with Gasteiger partial charge >= 0.3 is 6.09 Å². The summed E-state index contributed by atoms with van der Waals surface area (Å²) in [6, 6.07) is 9.62. The molecule has 218 valence electrons. The van der Waals surface area contributed by atoms with E-state index < -0.39 is 24.1 Å². The summed E-state index contributed by atoms with van der Waals surface area (Å²) in [6.45, 7) is 1.89. The Morgan fingerprint density at radius 3 is 2.86 bits per heavy atom. The number of methoxy groups -OCH3 is 1. The number of aromatic nitrogens is 3. The van der Waals surface area contributed by atoms with Gasteiger partial charge in [-0.1, -0.05) is 23.8 Å². The molecule has 1 aliphatic heterocycles. The fraction of sp³-hybridized carbons (Fsp3) is 0.241. The maximum Gasteiger partial charge on any atom is 0.411 e. The number of aryl methyl sites for hydroxylation is 1. The van der Waals surface area contributed by atoms with Crippen LogP contribution in [-0.2, 0) is 20.7 Å². The van der Waals surface area contributed by atoms with Gasteiger partial charge in [-0.3, -0.25) is 19.9 Å². The molecule has 0 fully saturated rings. The van der Waals surface area contributed by atoms with Gasteiger partial charge < -0.3 is 25.1 Å². The van der Waals surface area contributed by atoms with Crippen LogP contribution in [-0.4, -0.2) is 56.2 Å². The predicted molar refractivity (Wildman–Crippen MR) is 159 cm³/mol. The summed E-state index contributed by atoms with van der Waals surface area (Å²) in [5.74, 6) is 6.06. The van der Waals surface area contributed by atoms with Crippen molar-refractivity contribution in [3.05, 3.63) is 76.9 Å². The fourth-order valence-electron chi connectivity index (χ4n) is 4.94. The summed E-state index contributed by atoms with van der Waals surface area (Å²) in [4.78, 5) is 49.1. The predicted octanol–water partition coefficient (Wildman–Crippen LogP) is 4.33. The van der Waals surface area contributed by atoms with E-state index in [-0.39, 0.29) is 25.2 Å². The summed E-state index contributed by atoms with van der Waals surface area (Å²) in [5, 5.41) is 18.4. The second kappa shape index (κ2) is 12.1. The lowest BCUT2D eigenvalue weighted by Crippen LogP contribution is -2.42. The molecule has 3 heterocycles. The van der Waals surface area contributed by atoms with Crippen LogP contribution >= 0.6 is 11.6 Å². The zero-order valence-corrected chi connectivity index (χ0v) is 23.7. The third kappa shape index (κ3) is 6.15. The SMILES string of the molecule is COC(=O)Nc1ccc2c(c1)NC(=O)CC(O)/C=C/C[C@H](N(N)C(=O)Cc1c(C)[nH]c3ccc(Cl)cc13)c1nc-2c[nH]1. The number of hydrogen-bond donors (Lipinski definition) is 6. The number of nitrogens with two attached hydrogens (primary N) is 1. The smallest absolute Gasteiger partial charge is 0.411 e. The number of benzene rings is 2. The second-order valence-corrected chi connectivity index (χ2v) is 10.4. The molecular formula is C29H30ClN7O5. The number of aliphatic hydroxyl groups excluding tert-OH is 1. The van der Waals surface area contributed by atoms with Crippen LogP contribution in [0.4, 0.5) is 16.2 Å². The molecule has 0 saturated heterocycles. The quantitative estimate of drug-likeness (QED) is 0.0884. The first kappa shape index (κ1) is 28.9. The zero-order valence-electron chi connectivity index (χ0n) is 22.9. The monoisotopic (exact) mass is 591 g/mol. The summed E-state index contributed by atoms with van der Waals surface area (Å²) < 4.78 is 4.65. The average molecular weight is 592 g/mol. The number of fused-ring (bicyclic) bond motifs is 5. The number of anilines is 2. The molecule has 42 heavy (non-hydrogen) atoms. The molecule has 13 heteroatoms. The molecule has 2 aromatic heterocycles. The van der Waals surface area contributed by atoms with Crippen LogP contribution in [0, 0.1) is 6.92 Å². The van der Waals surface area contributed by atoms with Crippen molar-refractivity contribution < 1.29 is 24.2 Å². The van der Waals surface area contributed by atoms with Gasteiger partial charge in [-0.15, -0.1) is 0 Å². The normalized spacial score (nSPS) is 17.7. The van der Waals surface area contributed by atoms with E-state index in [1.807, 2.05) is 19.1 Å². The van der Waals surface area contributed by atoms with Crippen molar-refractivity contribution in [2.75, 3.05) is 17.7 Å². The summed E-state index contributed by atoms with van der Waals surface area (Å²) >= 11 is 6.22. The number of rotatable bonds is 4. The zero-order chi connectivity index (χ0) is 30.0. The van der Waals surface area contributed by atoms with Crippen molar-refractivity contribution in [1.29, 1.82) is 0 Å². The van der Waals surface area contributed by atoms with Crippen molar-refractivity contribution in [3.63, 3.8) is 0 Å². The van der Waals surface area contributed by atoms with E-state index in [1.54, 1.807) is 36.5 Å². The molecule has 3 amide bonds. The van der Waals surface area contributed by atoms with Gasteiger partial charge in [0.1, 0.15) is 11.9 Å². The second-order valence-electron chi connectivity index (χ2n) is 9.94. The fourth-order valence-corrected chi connectivity index (χ4v) is 5.11. The van der Waals surface area contributed by atoms with E-state index in [0.29, 0.717) is 33.5 Å². The number of nitrogens with one attached hydrogen (secondary N) is 4. The first-order valence-electron chi connectivity index (χ1n) is 13.2. The Kier molecular flexibility index (Phi) is 8.29. The summed E-state index contributed by atoms with van der Waals surface area (Å²) in [5.41, 5.74) is 4.25. The van der Waals surface area contributed by atoms with Crippen LogP contribution in [0.3, 0.4) is 0 Å². The minimum absolute atomic E-state index is 0.0241. The minimum atomic E-state index is -1.09. The number of amides is 3. The average Bonchev–Trinajstić information content (AvgIpc) is 3.55. The molecule has 5 rings (SSSR count). The highest BCUT2D eigenvalue weighted by molar-refractivity contribution is 6.31. The van der Waals surface area contributed by atoms with E-state index in [0.717, 1.165) is 27.2 Å². The van der Waals surface area contributed by atoms with Gasteiger partial charge in [-0.05, 0) is 55.3 Å². The van der Waals surface area contributed by atoms with Crippen molar-refractivity contribution in [1.82, 2.24) is 20.0 Å². The topological polar surface area (TPSA) is 178 Å². The third-order valence-corrected chi connectivity index (χ3v) is 7.30. The molecule has 12 nitrogen and oxygen atoms in total. The molecule has 4 aromatic rings. The van der Waals surface area contributed by atoms with E-state index in [4.69, 9.17) is 22.4 Å². The number of hydrazine groups is 1. The van der Waals surface area contributed by atoms with Crippen molar-refractivity contribution in [2.45, 2.75) is 38.3 Å². The van der Waals surface area contributed by atoms with Crippen LogP contribution in [0.1, 0.15) is 36.0 Å². The number of nitrogens with zero attached hydrogens (tertiary/aromatic N) is 2. The molecule has 2 aromatic carbocycles. The van der Waals surface area contributed by atoms with Gasteiger partial charge in [0.2, 0.25) is 11.8 Å². The highest BCUT2D eigenvalue weighted by atomic mass is 35.5. The Bertz CT molecular complexity index is 1690. The van der Waals surface area contributed by atoms with Crippen LogP contribution in [0.15, 0.2) is 54.7 Å². The molecule has 2 atom stereocenters. The standard InChI is InChI=1S/C29H30ClN7O5/c1-15-20(21-10-16(30)6-9-22(21)33-15)13-27(40)37(31)25-5-3-4-18(38)12-26(39)35-23-11-17(34-29(41)42-2)7-8-19(23)24-14-32-28(25)36-24/h3-4,6-11,14,18,25,33,38H,5,12-13,31H2,1-2H3,(H,32,36)(H,34,41)(H,35,39)/b4-3+/t18?,25-/m0/s1. The Balaban J connectivity index is 1.48. The molecule has 0 aliphatic carbocycles. The first-order valence-corrected chi connectivity index (χ1v) is 13.5. The van der Waals surface area contributed by atoms with Gasteiger partial charge in [0.15, 0.2) is 0 Å². The lowest BCUT2D eigenvalue weighted by molar-refractivity contribution is -0.133.